The molecule has 0 aliphatic heterocycles. The molecule has 1 aromatic heterocycles. The Bertz CT molecular complexity index is 635. The number of methoxy groups -OCH3 is 1. The van der Waals surface area contributed by atoms with Gasteiger partial charge in [0, 0.05) is 5.02 Å². The normalized spacial score (nSPS) is 10.7. The lowest BCUT2D eigenvalue weighted by Gasteiger charge is -2.14. The van der Waals surface area contributed by atoms with E-state index in [1.807, 2.05) is 26.0 Å². The lowest BCUT2D eigenvalue weighted by molar-refractivity contribution is 0.101. The molecule has 0 unspecified atom stereocenters. The average Bonchev–Trinajstić information content (AvgIpc) is 2.97. The van der Waals surface area contributed by atoms with Crippen LogP contribution in [-0.2, 0) is 5.75 Å². The topological polar surface area (TPSA) is 39.4 Å². The molecule has 0 amide bonds. The van der Waals surface area contributed by atoms with Crippen molar-refractivity contribution >= 4 is 29.1 Å². The van der Waals surface area contributed by atoms with Crippen molar-refractivity contribution in [2.24, 2.45) is 0 Å². The standard InChI is InChI=1S/C16H17ClO3S/c1-10-7-14(19-3)15(11(2)16(10)17)13(18)9-21-8-12-5-4-6-20-12/h4-7H,8-9H2,1-3H3. The van der Waals surface area contributed by atoms with Crippen LogP contribution in [-0.4, -0.2) is 18.6 Å². The molecule has 0 saturated heterocycles. The fourth-order valence-corrected chi connectivity index (χ4v) is 3.09. The first-order chi connectivity index (χ1) is 10.0. The molecule has 2 aromatic rings. The minimum absolute atomic E-state index is 0.0165. The van der Waals surface area contributed by atoms with E-state index in [-0.39, 0.29) is 5.78 Å². The molecule has 112 valence electrons. The van der Waals surface area contributed by atoms with Gasteiger partial charge in [-0.05, 0) is 43.2 Å². The van der Waals surface area contributed by atoms with Gasteiger partial charge in [0.15, 0.2) is 5.78 Å². The molecule has 0 radical (unpaired) electrons. The van der Waals surface area contributed by atoms with Crippen LogP contribution in [0.3, 0.4) is 0 Å². The van der Waals surface area contributed by atoms with Crippen LogP contribution in [0.4, 0.5) is 0 Å². The lowest BCUT2D eigenvalue weighted by atomic mass is 10.0. The molecule has 3 nitrogen and oxygen atoms in total. The largest absolute Gasteiger partial charge is 0.496 e. The fourth-order valence-electron chi connectivity index (χ4n) is 2.14. The van der Waals surface area contributed by atoms with Gasteiger partial charge in [-0.15, -0.1) is 11.8 Å². The first-order valence-electron chi connectivity index (χ1n) is 6.51. The van der Waals surface area contributed by atoms with E-state index in [0.29, 0.717) is 27.8 Å². The Balaban J connectivity index is 2.13. The fraction of sp³-hybridized carbons (Fsp3) is 0.312. The Hall–Kier alpha value is -1.39. The molecule has 5 heteroatoms. The third-order valence-corrected chi connectivity index (χ3v) is 4.74. The van der Waals surface area contributed by atoms with Crippen molar-refractivity contribution in [3.05, 3.63) is 51.9 Å². The van der Waals surface area contributed by atoms with Gasteiger partial charge in [0.1, 0.15) is 11.5 Å². The number of halogens is 1. The third kappa shape index (κ3) is 3.63. The number of rotatable bonds is 6. The predicted molar refractivity (Wildman–Crippen MR) is 86.7 cm³/mol. The number of furan rings is 1. The maximum Gasteiger partial charge on any atom is 0.176 e. The molecule has 21 heavy (non-hydrogen) atoms. The molecule has 0 atom stereocenters. The van der Waals surface area contributed by atoms with E-state index in [9.17, 15) is 4.79 Å². The van der Waals surface area contributed by atoms with E-state index in [1.54, 1.807) is 19.4 Å². The molecule has 2 rings (SSSR count). The van der Waals surface area contributed by atoms with Crippen LogP contribution >= 0.6 is 23.4 Å². The van der Waals surface area contributed by atoms with E-state index >= 15 is 0 Å². The summed E-state index contributed by atoms with van der Waals surface area (Å²) in [5.74, 6) is 2.48. The number of aryl methyl sites for hydroxylation is 1. The van der Waals surface area contributed by atoms with Gasteiger partial charge < -0.3 is 9.15 Å². The smallest absolute Gasteiger partial charge is 0.176 e. The summed E-state index contributed by atoms with van der Waals surface area (Å²) in [4.78, 5) is 12.4. The maximum absolute atomic E-state index is 12.4. The number of carbonyl (C=O) groups is 1. The summed E-state index contributed by atoms with van der Waals surface area (Å²) >= 11 is 7.75. The zero-order valence-electron chi connectivity index (χ0n) is 12.2. The quantitative estimate of drug-likeness (QED) is 0.724. The number of hydrogen-bond acceptors (Lipinski definition) is 4. The van der Waals surface area contributed by atoms with Gasteiger partial charge >= 0.3 is 0 Å². The van der Waals surface area contributed by atoms with Crippen LogP contribution in [0.25, 0.3) is 0 Å². The first-order valence-corrected chi connectivity index (χ1v) is 8.05. The van der Waals surface area contributed by atoms with Crippen molar-refractivity contribution in [2.75, 3.05) is 12.9 Å². The molecule has 0 bridgehead atoms. The molecule has 0 fully saturated rings. The van der Waals surface area contributed by atoms with E-state index in [2.05, 4.69) is 0 Å². The third-order valence-electron chi connectivity index (χ3n) is 3.20. The van der Waals surface area contributed by atoms with E-state index < -0.39 is 0 Å². The van der Waals surface area contributed by atoms with Gasteiger partial charge in [-0.2, -0.15) is 0 Å². The molecule has 0 N–H and O–H groups in total. The number of Topliss-reactive ketones (excluding diaryl/α,β-unsaturated/α-hetero) is 1. The van der Waals surface area contributed by atoms with E-state index in [1.165, 1.54) is 11.8 Å². The highest BCUT2D eigenvalue weighted by molar-refractivity contribution is 7.99. The van der Waals surface area contributed by atoms with Gasteiger partial charge in [0.25, 0.3) is 0 Å². The van der Waals surface area contributed by atoms with Crippen molar-refractivity contribution in [2.45, 2.75) is 19.6 Å². The summed E-state index contributed by atoms with van der Waals surface area (Å²) in [6.45, 7) is 3.75. The molecular weight excluding hydrogens is 308 g/mol. The average molecular weight is 325 g/mol. The summed E-state index contributed by atoms with van der Waals surface area (Å²) in [7, 11) is 1.56. The molecule has 1 aromatic carbocycles. The molecular formula is C16H17ClO3S. The van der Waals surface area contributed by atoms with Crippen molar-refractivity contribution in [3.63, 3.8) is 0 Å². The molecule has 0 saturated carbocycles. The molecule has 1 heterocycles. The maximum atomic E-state index is 12.4. The number of carbonyl (C=O) groups excluding carboxylic acids is 1. The second kappa shape index (κ2) is 7.05. The Labute approximate surface area is 133 Å². The Morgan fingerprint density at radius 3 is 2.81 bits per heavy atom. The highest BCUT2D eigenvalue weighted by Gasteiger charge is 2.19. The molecule has 0 aliphatic carbocycles. The Morgan fingerprint density at radius 2 is 2.19 bits per heavy atom. The lowest BCUT2D eigenvalue weighted by Crippen LogP contribution is -2.09. The van der Waals surface area contributed by atoms with Gasteiger partial charge in [-0.25, -0.2) is 0 Å². The Morgan fingerprint density at radius 1 is 1.43 bits per heavy atom. The first kappa shape index (κ1) is 16.0. The minimum Gasteiger partial charge on any atom is -0.496 e. The van der Waals surface area contributed by atoms with Crippen LogP contribution < -0.4 is 4.74 Å². The monoisotopic (exact) mass is 324 g/mol. The number of thioether (sulfide) groups is 1. The number of ether oxygens (including phenoxy) is 1. The summed E-state index contributed by atoms with van der Waals surface area (Å²) in [5.41, 5.74) is 2.25. The Kier molecular flexibility index (Phi) is 5.37. The van der Waals surface area contributed by atoms with Crippen molar-refractivity contribution in [3.8, 4) is 5.75 Å². The van der Waals surface area contributed by atoms with Gasteiger partial charge in [-0.3, -0.25) is 4.79 Å². The number of hydrogen-bond donors (Lipinski definition) is 0. The van der Waals surface area contributed by atoms with Crippen molar-refractivity contribution < 1.29 is 13.9 Å². The zero-order chi connectivity index (χ0) is 15.4. The summed E-state index contributed by atoms with van der Waals surface area (Å²) in [6.07, 6.45) is 1.63. The number of ketones is 1. The van der Waals surface area contributed by atoms with Crippen LogP contribution in [0.2, 0.25) is 5.02 Å². The summed E-state index contributed by atoms with van der Waals surface area (Å²) in [6, 6.07) is 5.54. The van der Waals surface area contributed by atoms with Crippen LogP contribution in [0, 0.1) is 13.8 Å². The second-order valence-corrected chi connectivity index (χ2v) is 6.07. The number of benzene rings is 1. The van der Waals surface area contributed by atoms with Gasteiger partial charge in [0.2, 0.25) is 0 Å². The summed E-state index contributed by atoms with van der Waals surface area (Å²) < 4.78 is 10.6. The van der Waals surface area contributed by atoms with E-state index in [0.717, 1.165) is 16.9 Å². The van der Waals surface area contributed by atoms with Crippen molar-refractivity contribution in [1.29, 1.82) is 0 Å². The SMILES string of the molecule is COc1cc(C)c(Cl)c(C)c1C(=O)CSCc1ccco1. The minimum atomic E-state index is 0.0165. The van der Waals surface area contributed by atoms with Crippen LogP contribution in [0.5, 0.6) is 5.75 Å². The van der Waals surface area contributed by atoms with Crippen LogP contribution in [0.15, 0.2) is 28.9 Å². The molecule has 0 spiro atoms. The second-order valence-electron chi connectivity index (χ2n) is 4.71. The van der Waals surface area contributed by atoms with Gasteiger partial charge in [-0.1, -0.05) is 11.6 Å². The zero-order valence-corrected chi connectivity index (χ0v) is 13.8. The summed E-state index contributed by atoms with van der Waals surface area (Å²) in [5, 5.41) is 0.621. The van der Waals surface area contributed by atoms with Crippen molar-refractivity contribution in [1.82, 2.24) is 0 Å². The molecule has 0 aliphatic rings. The highest BCUT2D eigenvalue weighted by Crippen LogP contribution is 2.32. The predicted octanol–water partition coefficient (Wildman–Crippen LogP) is 4.67. The van der Waals surface area contributed by atoms with E-state index in [4.69, 9.17) is 20.8 Å². The highest BCUT2D eigenvalue weighted by atomic mass is 35.5. The van der Waals surface area contributed by atoms with Gasteiger partial charge in [0.05, 0.1) is 30.4 Å². The van der Waals surface area contributed by atoms with Crippen LogP contribution in [0.1, 0.15) is 27.2 Å².